The molecule has 2 heterocycles. The smallest absolute Gasteiger partial charge is 0.417 e. The van der Waals surface area contributed by atoms with Gasteiger partial charge in [-0.2, -0.15) is 17.6 Å². The summed E-state index contributed by atoms with van der Waals surface area (Å²) in [4.78, 5) is 35.9. The zero-order valence-corrected chi connectivity index (χ0v) is 17.2. The monoisotopic (exact) mass is 476 g/mol. The van der Waals surface area contributed by atoms with Gasteiger partial charge in [-0.25, -0.2) is 4.39 Å². The average Bonchev–Trinajstić information content (AvgIpc) is 3.00. The molecule has 8 nitrogen and oxygen atoms in total. The second kappa shape index (κ2) is 8.21. The highest BCUT2D eigenvalue weighted by Crippen LogP contribution is 2.54. The van der Waals surface area contributed by atoms with Gasteiger partial charge in [0.25, 0.3) is 11.8 Å². The normalized spacial score (nSPS) is 29.7. The fraction of sp³-hybridized carbons (Fsp3) is 0.400. The first kappa shape index (κ1) is 24.3. The number of nitrogens with one attached hydrogen (secondary N) is 1. The van der Waals surface area contributed by atoms with Gasteiger partial charge in [-0.1, -0.05) is 13.0 Å². The molecule has 33 heavy (non-hydrogen) atoms. The number of alkyl halides is 3. The third kappa shape index (κ3) is 4.08. The van der Waals surface area contributed by atoms with Gasteiger partial charge < -0.3 is 20.9 Å². The number of amides is 2. The van der Waals surface area contributed by atoms with E-state index in [1.807, 2.05) is 0 Å². The van der Waals surface area contributed by atoms with Crippen molar-refractivity contribution in [2.45, 2.75) is 43.7 Å². The fourth-order valence-corrected chi connectivity index (χ4v) is 3.90. The number of phenols is 1. The molecule has 0 bridgehead atoms. The van der Waals surface area contributed by atoms with Crippen molar-refractivity contribution in [3.63, 3.8) is 0 Å². The molecule has 1 aromatic rings. The van der Waals surface area contributed by atoms with Gasteiger partial charge >= 0.3 is 12.2 Å². The Balaban J connectivity index is 2.02. The average molecular weight is 476 g/mol. The van der Waals surface area contributed by atoms with Gasteiger partial charge in [0.05, 0.1) is 5.70 Å². The van der Waals surface area contributed by atoms with Crippen molar-refractivity contribution in [1.29, 1.82) is 0 Å². The topological polar surface area (TPSA) is 122 Å². The van der Waals surface area contributed by atoms with E-state index in [9.17, 15) is 41.6 Å². The molecule has 0 spiro atoms. The van der Waals surface area contributed by atoms with E-state index in [0.717, 1.165) is 31.3 Å². The van der Waals surface area contributed by atoms with Crippen LogP contribution in [0.2, 0.25) is 0 Å². The first-order chi connectivity index (χ1) is 15.2. The van der Waals surface area contributed by atoms with E-state index in [1.165, 1.54) is 0 Å². The van der Waals surface area contributed by atoms with E-state index in [0.29, 0.717) is 13.0 Å². The highest BCUT2D eigenvalue weighted by atomic mass is 19.4. The molecule has 1 fully saturated rings. The summed E-state index contributed by atoms with van der Waals surface area (Å²) in [5.74, 6) is -9.59. The van der Waals surface area contributed by atoms with Gasteiger partial charge in [0.15, 0.2) is 17.2 Å². The van der Waals surface area contributed by atoms with Crippen molar-refractivity contribution in [2.24, 2.45) is 11.7 Å². The van der Waals surface area contributed by atoms with Gasteiger partial charge in [-0.05, 0) is 13.0 Å². The third-order valence-corrected chi connectivity index (χ3v) is 5.96. The second-order valence-electron chi connectivity index (χ2n) is 7.89. The number of carbonyl (C=O) groups is 2. The van der Waals surface area contributed by atoms with Crippen LogP contribution >= 0.6 is 0 Å². The molecule has 4 N–H and O–H groups in total. The Kier molecular flexibility index (Phi) is 6.04. The van der Waals surface area contributed by atoms with Crippen molar-refractivity contribution in [3.8, 4) is 5.75 Å². The molecule has 5 atom stereocenters. The third-order valence-electron chi connectivity index (χ3n) is 5.96. The van der Waals surface area contributed by atoms with Crippen molar-refractivity contribution in [3.05, 3.63) is 58.3 Å². The number of halogens is 5. The maximum atomic E-state index is 14.0. The van der Waals surface area contributed by atoms with Crippen LogP contribution < -0.4 is 11.1 Å². The molecular weight excluding hydrogens is 457 g/mol. The fourth-order valence-electron chi connectivity index (χ4n) is 3.90. The molecule has 1 unspecified atom stereocenters. The lowest BCUT2D eigenvalue weighted by Gasteiger charge is -2.31. The second-order valence-corrected chi connectivity index (χ2v) is 7.89. The molecule has 0 aromatic heterocycles. The number of carbonyl (C=O) groups excluding carboxylic acids is 2. The summed E-state index contributed by atoms with van der Waals surface area (Å²) in [5, 5.41) is 12.3. The van der Waals surface area contributed by atoms with Gasteiger partial charge in [0, 0.05) is 39.2 Å². The molecule has 13 heteroatoms. The minimum absolute atomic E-state index is 0.124. The lowest BCUT2D eigenvalue weighted by molar-refractivity contribution is -0.495. The Morgan fingerprint density at radius 3 is 2.48 bits per heavy atom. The number of nitrogens with zero attached hydrogens (tertiary/aromatic N) is 1. The molecule has 1 saturated heterocycles. The number of hydrogen-bond acceptors (Lipinski definition) is 5. The van der Waals surface area contributed by atoms with Crippen LogP contribution in [0.5, 0.6) is 5.75 Å². The van der Waals surface area contributed by atoms with Crippen LogP contribution in [0.25, 0.3) is 0 Å². The Morgan fingerprint density at radius 2 is 1.91 bits per heavy atom. The summed E-state index contributed by atoms with van der Waals surface area (Å²) < 4.78 is 74.3. The first-order valence-electron chi connectivity index (χ1n) is 9.56. The molecule has 0 aliphatic carbocycles. The molecule has 178 valence electrons. The lowest BCUT2D eigenvalue weighted by Crippen LogP contribution is -2.47. The van der Waals surface area contributed by atoms with Crippen molar-refractivity contribution >= 4 is 11.8 Å². The van der Waals surface area contributed by atoms with Crippen LogP contribution in [0.15, 0.2) is 36.2 Å². The maximum absolute atomic E-state index is 14.0. The first-order valence-corrected chi connectivity index (χ1v) is 9.56. The zero-order chi connectivity index (χ0) is 24.9. The number of nitroso groups, excluding NO2 is 1. The standard InChI is InChI=1S/C20H18F5N3O5/c1-8-13(10-3-4-11(21)14(22)15(10)29)16(33-19(8,2)20(23,24)25)18(31)27-9-5-6-28(32)12(7-9)17(26)30/h3-8,12-13,16H,1-2H3,(H3-,26,27,29,30,31)/p+1/t8-,12?,13-,16-,19-/m1/s1. The predicted molar refractivity (Wildman–Crippen MR) is 101 cm³/mol. The molecule has 0 radical (unpaired) electrons. The maximum Gasteiger partial charge on any atom is 0.417 e. The van der Waals surface area contributed by atoms with Crippen molar-refractivity contribution < 1.29 is 46.1 Å². The number of hydrogen-bond donors (Lipinski definition) is 3. The zero-order valence-electron chi connectivity index (χ0n) is 17.2. The van der Waals surface area contributed by atoms with Crippen molar-refractivity contribution in [2.75, 3.05) is 0 Å². The van der Waals surface area contributed by atoms with Crippen LogP contribution in [0.4, 0.5) is 22.0 Å². The van der Waals surface area contributed by atoms with Crippen LogP contribution in [0.3, 0.4) is 0 Å². The van der Waals surface area contributed by atoms with E-state index in [2.05, 4.69) is 5.32 Å². The Hall–Kier alpha value is -3.35. The predicted octanol–water partition coefficient (Wildman–Crippen LogP) is 2.27. The molecule has 0 saturated carbocycles. The van der Waals surface area contributed by atoms with Crippen LogP contribution in [-0.4, -0.2) is 45.6 Å². The van der Waals surface area contributed by atoms with E-state index < -0.39 is 70.5 Å². The SMILES string of the molecule is C[C@@H]1[C@H](c2ccc(F)c(F)c2O)[C@H](C(=O)NC2=CC(C(N)=O)[N+](=O)C=C2)O[C@@]1(C)C(F)(F)F. The Bertz CT molecular complexity index is 1090. The number of ether oxygens (including phenoxy) is 1. The number of nitrogens with two attached hydrogens (primary N) is 1. The van der Waals surface area contributed by atoms with Crippen LogP contribution in [-0.2, 0) is 14.3 Å². The molecule has 3 rings (SSSR count). The minimum Gasteiger partial charge on any atom is -0.505 e. The summed E-state index contributed by atoms with van der Waals surface area (Å²) in [7, 11) is 0. The van der Waals surface area contributed by atoms with E-state index in [1.54, 1.807) is 0 Å². The summed E-state index contributed by atoms with van der Waals surface area (Å²) in [5.41, 5.74) is 1.64. The highest BCUT2D eigenvalue weighted by Gasteiger charge is 2.65. The van der Waals surface area contributed by atoms with Gasteiger partial charge in [0.1, 0.15) is 6.10 Å². The number of aromatic hydroxyl groups is 1. The number of rotatable bonds is 4. The summed E-state index contributed by atoms with van der Waals surface area (Å²) >= 11 is 0. The van der Waals surface area contributed by atoms with Gasteiger partial charge in [-0.15, -0.1) is 0 Å². The number of allylic oxidation sites excluding steroid dienone is 1. The quantitative estimate of drug-likeness (QED) is 0.455. The van der Waals surface area contributed by atoms with Gasteiger partial charge in [0.2, 0.25) is 12.0 Å². The largest absolute Gasteiger partial charge is 0.505 e. The number of primary amides is 1. The Morgan fingerprint density at radius 1 is 1.27 bits per heavy atom. The summed E-state index contributed by atoms with van der Waals surface area (Å²) in [6, 6.07) is 0.0150. The molecule has 2 aliphatic rings. The van der Waals surface area contributed by atoms with E-state index >= 15 is 0 Å². The van der Waals surface area contributed by atoms with E-state index in [-0.39, 0.29) is 10.5 Å². The number of benzene rings is 1. The summed E-state index contributed by atoms with van der Waals surface area (Å²) in [6.45, 7) is 1.80. The minimum atomic E-state index is -4.96. The molecule has 2 aliphatic heterocycles. The van der Waals surface area contributed by atoms with E-state index in [4.69, 9.17) is 10.5 Å². The van der Waals surface area contributed by atoms with Gasteiger partial charge in [-0.3, -0.25) is 9.59 Å². The molecule has 1 aromatic carbocycles. The van der Waals surface area contributed by atoms with Crippen LogP contribution in [0, 0.1) is 22.5 Å². The van der Waals surface area contributed by atoms with Crippen LogP contribution in [0.1, 0.15) is 25.3 Å². The highest BCUT2D eigenvalue weighted by molar-refractivity contribution is 5.86. The van der Waals surface area contributed by atoms with Crippen molar-refractivity contribution in [1.82, 2.24) is 5.32 Å². The summed E-state index contributed by atoms with van der Waals surface area (Å²) in [6.07, 6.45) is -3.93. The Labute approximate surface area is 183 Å². The lowest BCUT2D eigenvalue weighted by atomic mass is 9.77. The number of phenolic OH excluding ortho intramolecular Hbond substituents is 1. The molecular formula is C20H19F5N3O5+. The molecule has 2 amide bonds.